The van der Waals surface area contributed by atoms with Crippen LogP contribution >= 0.6 is 0 Å². The van der Waals surface area contributed by atoms with Crippen LogP contribution in [0.25, 0.3) is 0 Å². The Bertz CT molecular complexity index is 273. The number of methoxy groups -OCH3 is 1. The van der Waals surface area contributed by atoms with Gasteiger partial charge in [-0.15, -0.1) is 0 Å². The number of esters is 1. The first-order chi connectivity index (χ1) is 8.99. The van der Waals surface area contributed by atoms with Crippen molar-refractivity contribution in [1.82, 2.24) is 10.2 Å². The van der Waals surface area contributed by atoms with Gasteiger partial charge in [-0.1, -0.05) is 20.8 Å². The summed E-state index contributed by atoms with van der Waals surface area (Å²) in [4.78, 5) is 14.3. The summed E-state index contributed by atoms with van der Waals surface area (Å²) in [7, 11) is 1.46. The second-order valence-electron chi connectivity index (χ2n) is 5.97. The zero-order valence-electron chi connectivity index (χ0n) is 13.1. The summed E-state index contributed by atoms with van der Waals surface area (Å²) < 4.78 is 4.89. The number of likely N-dealkylation sites (tertiary alicyclic amines) is 1. The Morgan fingerprint density at radius 1 is 1.32 bits per heavy atom. The molecule has 0 spiro atoms. The van der Waals surface area contributed by atoms with Crippen molar-refractivity contribution in [3.63, 3.8) is 0 Å². The van der Waals surface area contributed by atoms with Gasteiger partial charge in [0.15, 0.2) is 0 Å². The van der Waals surface area contributed by atoms with E-state index in [1.54, 1.807) is 0 Å². The summed E-state index contributed by atoms with van der Waals surface area (Å²) >= 11 is 0. The van der Waals surface area contributed by atoms with E-state index < -0.39 is 0 Å². The van der Waals surface area contributed by atoms with E-state index in [0.717, 1.165) is 6.54 Å². The van der Waals surface area contributed by atoms with Crippen molar-refractivity contribution in [2.45, 2.75) is 52.6 Å². The molecule has 1 rings (SSSR count). The molecular weight excluding hydrogens is 240 g/mol. The van der Waals surface area contributed by atoms with Crippen LogP contribution in [0, 0.1) is 11.8 Å². The van der Waals surface area contributed by atoms with Crippen molar-refractivity contribution in [1.29, 1.82) is 0 Å². The molecule has 0 aromatic carbocycles. The first kappa shape index (κ1) is 16.4. The molecule has 0 radical (unpaired) electrons. The Balaban J connectivity index is 2.48. The number of nitrogens with zero attached hydrogens (tertiary/aromatic N) is 1. The standard InChI is InChI=1S/C15H30N2O2/c1-6-17-9-7-13(8-10-17)12(4)16-14(11(2)3)15(18)19-5/h11-14,16H,6-10H2,1-5H3. The molecule has 0 bridgehead atoms. The molecule has 4 nitrogen and oxygen atoms in total. The average Bonchev–Trinajstić information content (AvgIpc) is 2.43. The molecule has 1 aliphatic heterocycles. The Morgan fingerprint density at radius 3 is 2.32 bits per heavy atom. The molecule has 112 valence electrons. The number of rotatable bonds is 6. The van der Waals surface area contributed by atoms with Crippen LogP contribution in [0.15, 0.2) is 0 Å². The van der Waals surface area contributed by atoms with Crippen molar-refractivity contribution in [3.8, 4) is 0 Å². The number of carbonyl (C=O) groups is 1. The molecule has 1 saturated heterocycles. The quantitative estimate of drug-likeness (QED) is 0.749. The van der Waals surface area contributed by atoms with Crippen molar-refractivity contribution >= 4 is 5.97 Å². The largest absolute Gasteiger partial charge is 0.468 e. The van der Waals surface area contributed by atoms with Gasteiger partial charge in [0.25, 0.3) is 0 Å². The molecule has 4 heteroatoms. The van der Waals surface area contributed by atoms with E-state index in [0.29, 0.717) is 12.0 Å². The predicted molar refractivity (Wildman–Crippen MR) is 78.1 cm³/mol. The molecule has 1 aliphatic rings. The molecule has 1 N–H and O–H groups in total. The molecular formula is C15H30N2O2. The van der Waals surface area contributed by atoms with Crippen molar-refractivity contribution in [3.05, 3.63) is 0 Å². The molecule has 2 unspecified atom stereocenters. The van der Waals surface area contributed by atoms with E-state index in [2.05, 4.69) is 37.9 Å². The van der Waals surface area contributed by atoms with E-state index in [4.69, 9.17) is 4.74 Å². The van der Waals surface area contributed by atoms with Crippen molar-refractivity contribution in [2.75, 3.05) is 26.7 Å². The molecule has 2 atom stereocenters. The molecule has 0 aromatic rings. The maximum absolute atomic E-state index is 11.8. The summed E-state index contributed by atoms with van der Waals surface area (Å²) in [6.07, 6.45) is 2.43. The second-order valence-corrected chi connectivity index (χ2v) is 5.97. The fraction of sp³-hybridized carbons (Fsp3) is 0.933. The minimum atomic E-state index is -0.191. The highest BCUT2D eigenvalue weighted by Gasteiger charge is 2.29. The molecule has 19 heavy (non-hydrogen) atoms. The molecule has 0 saturated carbocycles. The van der Waals surface area contributed by atoms with Gasteiger partial charge in [-0.25, -0.2) is 0 Å². The molecule has 0 aliphatic carbocycles. The lowest BCUT2D eigenvalue weighted by atomic mass is 9.89. The lowest BCUT2D eigenvalue weighted by molar-refractivity contribution is -0.144. The van der Waals surface area contributed by atoms with Crippen LogP contribution in [0.2, 0.25) is 0 Å². The average molecular weight is 270 g/mol. The number of carbonyl (C=O) groups excluding carboxylic acids is 1. The van der Waals surface area contributed by atoms with Crippen LogP contribution in [0.4, 0.5) is 0 Å². The number of ether oxygens (including phenoxy) is 1. The topological polar surface area (TPSA) is 41.6 Å². The van der Waals surface area contributed by atoms with Gasteiger partial charge in [0, 0.05) is 6.04 Å². The molecule has 0 aromatic heterocycles. The second kappa shape index (κ2) is 7.85. The third-order valence-electron chi connectivity index (χ3n) is 4.35. The van der Waals surface area contributed by atoms with Crippen molar-refractivity contribution < 1.29 is 9.53 Å². The van der Waals surface area contributed by atoms with Gasteiger partial charge in [-0.2, -0.15) is 0 Å². The van der Waals surface area contributed by atoms with Gasteiger partial charge in [-0.3, -0.25) is 4.79 Å². The Kier molecular flexibility index (Phi) is 6.80. The normalized spacial score (nSPS) is 21.4. The van der Waals surface area contributed by atoms with Crippen LogP contribution in [-0.4, -0.2) is 49.7 Å². The maximum Gasteiger partial charge on any atom is 0.323 e. The van der Waals surface area contributed by atoms with E-state index in [1.165, 1.54) is 33.0 Å². The van der Waals surface area contributed by atoms with E-state index in [9.17, 15) is 4.79 Å². The fourth-order valence-corrected chi connectivity index (χ4v) is 2.85. The van der Waals surface area contributed by atoms with Crippen LogP contribution in [-0.2, 0) is 9.53 Å². The summed E-state index contributed by atoms with van der Waals surface area (Å²) in [6.45, 7) is 12.0. The highest BCUT2D eigenvalue weighted by atomic mass is 16.5. The Morgan fingerprint density at radius 2 is 1.89 bits per heavy atom. The maximum atomic E-state index is 11.8. The zero-order chi connectivity index (χ0) is 14.4. The monoisotopic (exact) mass is 270 g/mol. The predicted octanol–water partition coefficient (Wildman–Crippen LogP) is 1.89. The first-order valence-corrected chi connectivity index (χ1v) is 7.55. The van der Waals surface area contributed by atoms with Crippen LogP contribution in [0.3, 0.4) is 0 Å². The Labute approximate surface area is 117 Å². The van der Waals surface area contributed by atoms with Gasteiger partial charge >= 0.3 is 5.97 Å². The number of piperidine rings is 1. The fourth-order valence-electron chi connectivity index (χ4n) is 2.85. The summed E-state index contributed by atoms with van der Waals surface area (Å²) in [5.41, 5.74) is 0. The summed E-state index contributed by atoms with van der Waals surface area (Å²) in [6, 6.07) is 0.176. The Hall–Kier alpha value is -0.610. The molecule has 1 fully saturated rings. The SMILES string of the molecule is CCN1CCC(C(C)NC(C(=O)OC)C(C)C)CC1. The highest BCUT2D eigenvalue weighted by Crippen LogP contribution is 2.21. The minimum absolute atomic E-state index is 0.146. The number of hydrogen-bond acceptors (Lipinski definition) is 4. The zero-order valence-corrected chi connectivity index (χ0v) is 13.1. The first-order valence-electron chi connectivity index (χ1n) is 7.55. The van der Waals surface area contributed by atoms with Gasteiger partial charge < -0.3 is 15.0 Å². The van der Waals surface area contributed by atoms with E-state index in [1.807, 2.05) is 0 Å². The van der Waals surface area contributed by atoms with Gasteiger partial charge in [0.1, 0.15) is 6.04 Å². The lowest BCUT2D eigenvalue weighted by Crippen LogP contribution is -2.50. The third-order valence-corrected chi connectivity index (χ3v) is 4.35. The van der Waals surface area contributed by atoms with Gasteiger partial charge in [0.05, 0.1) is 7.11 Å². The van der Waals surface area contributed by atoms with Crippen LogP contribution in [0.5, 0.6) is 0 Å². The van der Waals surface area contributed by atoms with Crippen LogP contribution in [0.1, 0.15) is 40.5 Å². The minimum Gasteiger partial charge on any atom is -0.468 e. The molecule has 1 heterocycles. The smallest absolute Gasteiger partial charge is 0.323 e. The van der Waals surface area contributed by atoms with Gasteiger partial charge in [0.2, 0.25) is 0 Å². The highest BCUT2D eigenvalue weighted by molar-refractivity contribution is 5.75. The number of hydrogen-bond donors (Lipinski definition) is 1. The van der Waals surface area contributed by atoms with E-state index in [-0.39, 0.29) is 17.9 Å². The number of nitrogens with one attached hydrogen (secondary N) is 1. The van der Waals surface area contributed by atoms with E-state index >= 15 is 0 Å². The third kappa shape index (κ3) is 4.77. The molecule has 0 amide bonds. The lowest BCUT2D eigenvalue weighted by Gasteiger charge is -2.36. The summed E-state index contributed by atoms with van der Waals surface area (Å²) in [5.74, 6) is 0.771. The van der Waals surface area contributed by atoms with Crippen molar-refractivity contribution in [2.24, 2.45) is 11.8 Å². The van der Waals surface area contributed by atoms with Crippen LogP contribution < -0.4 is 5.32 Å². The van der Waals surface area contributed by atoms with Gasteiger partial charge in [-0.05, 0) is 51.2 Å². The summed E-state index contributed by atoms with van der Waals surface area (Å²) in [5, 5.41) is 3.48.